The zero-order valence-corrected chi connectivity index (χ0v) is 11.6. The minimum Gasteiger partial charge on any atom is -0.381 e. The van der Waals surface area contributed by atoms with Crippen molar-refractivity contribution in [1.29, 1.82) is 0 Å². The summed E-state index contributed by atoms with van der Waals surface area (Å²) in [7, 11) is 1.79. The minimum atomic E-state index is 0.0865. The van der Waals surface area contributed by atoms with Crippen molar-refractivity contribution in [1.82, 2.24) is 0 Å². The van der Waals surface area contributed by atoms with Crippen LogP contribution in [0.15, 0.2) is 24.3 Å². The molecule has 0 bridgehead atoms. The molecule has 3 heteroatoms. The second-order valence-corrected chi connectivity index (χ2v) is 5.28. The number of rotatable bonds is 5. The Balaban J connectivity index is 2.23. The lowest BCUT2D eigenvalue weighted by Crippen LogP contribution is -2.64. The van der Waals surface area contributed by atoms with Gasteiger partial charge in [-0.25, -0.2) is 0 Å². The summed E-state index contributed by atoms with van der Waals surface area (Å²) in [6.45, 7) is 6.00. The van der Waals surface area contributed by atoms with Gasteiger partial charge in [-0.2, -0.15) is 0 Å². The highest BCUT2D eigenvalue weighted by molar-refractivity contribution is 5.52. The summed E-state index contributed by atoms with van der Waals surface area (Å²) in [6, 6.07) is 8.66. The van der Waals surface area contributed by atoms with Gasteiger partial charge in [-0.3, -0.25) is 0 Å². The molecule has 0 atom stereocenters. The molecule has 1 aliphatic rings. The van der Waals surface area contributed by atoms with E-state index in [-0.39, 0.29) is 5.54 Å². The molecule has 0 amide bonds. The molecule has 18 heavy (non-hydrogen) atoms. The van der Waals surface area contributed by atoms with Gasteiger partial charge in [-0.15, -0.1) is 0 Å². The third-order valence-corrected chi connectivity index (χ3v) is 4.13. The maximum Gasteiger partial charge on any atom is 0.0617 e. The SMILES string of the molecule is CCN(c1cccc(C)c1)C1(CN)CC(OC)C1. The van der Waals surface area contributed by atoms with Gasteiger partial charge < -0.3 is 15.4 Å². The molecule has 0 spiro atoms. The van der Waals surface area contributed by atoms with Crippen LogP contribution in [0.3, 0.4) is 0 Å². The molecule has 0 unspecified atom stereocenters. The van der Waals surface area contributed by atoms with Gasteiger partial charge in [0, 0.05) is 25.9 Å². The molecule has 1 aromatic carbocycles. The van der Waals surface area contributed by atoms with Crippen LogP contribution >= 0.6 is 0 Å². The molecular weight excluding hydrogens is 224 g/mol. The van der Waals surface area contributed by atoms with Crippen LogP contribution in [0, 0.1) is 6.92 Å². The predicted molar refractivity (Wildman–Crippen MR) is 76.0 cm³/mol. The largest absolute Gasteiger partial charge is 0.381 e. The molecule has 0 aliphatic heterocycles. The smallest absolute Gasteiger partial charge is 0.0617 e. The first-order valence-electron chi connectivity index (χ1n) is 6.72. The highest BCUT2D eigenvalue weighted by Gasteiger charge is 2.47. The van der Waals surface area contributed by atoms with E-state index in [0.29, 0.717) is 12.6 Å². The first-order chi connectivity index (χ1) is 8.65. The van der Waals surface area contributed by atoms with Crippen molar-refractivity contribution in [3.05, 3.63) is 29.8 Å². The van der Waals surface area contributed by atoms with Gasteiger partial charge in [0.1, 0.15) is 0 Å². The van der Waals surface area contributed by atoms with E-state index < -0.39 is 0 Å². The van der Waals surface area contributed by atoms with Crippen molar-refractivity contribution in [2.24, 2.45) is 5.73 Å². The maximum atomic E-state index is 6.04. The van der Waals surface area contributed by atoms with Crippen LogP contribution < -0.4 is 10.6 Å². The topological polar surface area (TPSA) is 38.5 Å². The molecule has 1 saturated carbocycles. The molecule has 100 valence electrons. The number of methoxy groups -OCH3 is 1. The number of hydrogen-bond acceptors (Lipinski definition) is 3. The molecule has 1 fully saturated rings. The van der Waals surface area contributed by atoms with Gasteiger partial charge in [0.05, 0.1) is 11.6 Å². The summed E-state index contributed by atoms with van der Waals surface area (Å²) in [6.07, 6.45) is 2.43. The number of likely N-dealkylation sites (N-methyl/N-ethyl adjacent to an activating group) is 1. The molecule has 0 heterocycles. The van der Waals surface area contributed by atoms with E-state index in [4.69, 9.17) is 10.5 Å². The number of benzene rings is 1. The van der Waals surface area contributed by atoms with Crippen LogP contribution in [0.1, 0.15) is 25.3 Å². The van der Waals surface area contributed by atoms with Crippen molar-refractivity contribution in [3.8, 4) is 0 Å². The van der Waals surface area contributed by atoms with E-state index in [1.165, 1.54) is 11.3 Å². The molecule has 1 aromatic rings. The Bertz CT molecular complexity index is 399. The van der Waals surface area contributed by atoms with Crippen LogP contribution in [0.4, 0.5) is 5.69 Å². The third kappa shape index (κ3) is 2.25. The lowest BCUT2D eigenvalue weighted by molar-refractivity contribution is -0.0138. The molecule has 0 saturated heterocycles. The minimum absolute atomic E-state index is 0.0865. The standard InChI is InChI=1S/C15H24N2O/c1-4-17(13-7-5-6-12(2)8-13)15(11-16)9-14(10-15)18-3/h5-8,14H,4,9-11,16H2,1-3H3. The average Bonchev–Trinajstić information content (AvgIpc) is 2.33. The van der Waals surface area contributed by atoms with Crippen molar-refractivity contribution in [3.63, 3.8) is 0 Å². The number of aryl methyl sites for hydroxylation is 1. The Labute approximate surface area is 110 Å². The zero-order valence-electron chi connectivity index (χ0n) is 11.6. The summed E-state index contributed by atoms with van der Waals surface area (Å²) >= 11 is 0. The highest BCUT2D eigenvalue weighted by Crippen LogP contribution is 2.41. The number of anilines is 1. The van der Waals surface area contributed by atoms with E-state index in [0.717, 1.165) is 19.4 Å². The van der Waals surface area contributed by atoms with Crippen molar-refractivity contribution >= 4 is 5.69 Å². The lowest BCUT2D eigenvalue weighted by Gasteiger charge is -2.54. The maximum absolute atomic E-state index is 6.04. The second kappa shape index (κ2) is 5.29. The predicted octanol–water partition coefficient (Wildman–Crippen LogP) is 2.33. The fraction of sp³-hybridized carbons (Fsp3) is 0.600. The molecule has 2 rings (SSSR count). The van der Waals surface area contributed by atoms with Gasteiger partial charge in [0.15, 0.2) is 0 Å². The first-order valence-corrected chi connectivity index (χ1v) is 6.72. The third-order valence-electron chi connectivity index (χ3n) is 4.13. The fourth-order valence-corrected chi connectivity index (χ4v) is 3.04. The Morgan fingerprint density at radius 1 is 1.44 bits per heavy atom. The van der Waals surface area contributed by atoms with Gasteiger partial charge >= 0.3 is 0 Å². The highest BCUT2D eigenvalue weighted by atomic mass is 16.5. The van der Waals surface area contributed by atoms with Crippen LogP contribution in [-0.2, 0) is 4.74 Å². The molecule has 3 nitrogen and oxygen atoms in total. The molecule has 0 radical (unpaired) electrons. The van der Waals surface area contributed by atoms with E-state index in [1.807, 2.05) is 0 Å². The van der Waals surface area contributed by atoms with Crippen LogP contribution in [-0.4, -0.2) is 31.8 Å². The Morgan fingerprint density at radius 3 is 2.67 bits per heavy atom. The van der Waals surface area contributed by atoms with Crippen molar-refractivity contribution < 1.29 is 4.74 Å². The Kier molecular flexibility index (Phi) is 3.93. The van der Waals surface area contributed by atoms with E-state index in [2.05, 4.69) is 43.0 Å². The van der Waals surface area contributed by atoms with Gasteiger partial charge in [0.25, 0.3) is 0 Å². The zero-order chi connectivity index (χ0) is 13.2. The summed E-state index contributed by atoms with van der Waals surface area (Å²) in [5.41, 5.74) is 8.69. The quantitative estimate of drug-likeness (QED) is 0.869. The van der Waals surface area contributed by atoms with E-state index >= 15 is 0 Å². The van der Waals surface area contributed by atoms with E-state index in [1.54, 1.807) is 7.11 Å². The second-order valence-electron chi connectivity index (χ2n) is 5.28. The molecule has 1 aliphatic carbocycles. The number of nitrogens with two attached hydrogens (primary N) is 1. The summed E-state index contributed by atoms with van der Waals surface area (Å²) in [4.78, 5) is 2.44. The number of hydrogen-bond donors (Lipinski definition) is 1. The summed E-state index contributed by atoms with van der Waals surface area (Å²) in [5, 5.41) is 0. The Morgan fingerprint density at radius 2 is 2.17 bits per heavy atom. The first kappa shape index (κ1) is 13.4. The molecule has 0 aromatic heterocycles. The molecule has 2 N–H and O–H groups in total. The van der Waals surface area contributed by atoms with Gasteiger partial charge in [0.2, 0.25) is 0 Å². The van der Waals surface area contributed by atoms with Crippen LogP contribution in [0.5, 0.6) is 0 Å². The number of nitrogens with zero attached hydrogens (tertiary/aromatic N) is 1. The lowest BCUT2D eigenvalue weighted by atomic mass is 9.72. The normalized spacial score (nSPS) is 26.8. The Hall–Kier alpha value is -1.06. The fourth-order valence-electron chi connectivity index (χ4n) is 3.04. The number of ether oxygens (including phenoxy) is 1. The molecular formula is C15H24N2O. The summed E-state index contributed by atoms with van der Waals surface area (Å²) < 4.78 is 5.42. The van der Waals surface area contributed by atoms with Crippen molar-refractivity contribution in [2.45, 2.75) is 38.3 Å². The monoisotopic (exact) mass is 248 g/mol. The van der Waals surface area contributed by atoms with Crippen molar-refractivity contribution in [2.75, 3.05) is 25.1 Å². The van der Waals surface area contributed by atoms with Crippen LogP contribution in [0.2, 0.25) is 0 Å². The van der Waals surface area contributed by atoms with Gasteiger partial charge in [-0.1, -0.05) is 12.1 Å². The average molecular weight is 248 g/mol. The van der Waals surface area contributed by atoms with Gasteiger partial charge in [-0.05, 0) is 44.4 Å². The van der Waals surface area contributed by atoms with Crippen LogP contribution in [0.25, 0.3) is 0 Å². The van der Waals surface area contributed by atoms with E-state index in [9.17, 15) is 0 Å². The summed E-state index contributed by atoms with van der Waals surface area (Å²) in [5.74, 6) is 0.